The van der Waals surface area contributed by atoms with E-state index in [1.165, 1.54) is 138 Å². The Morgan fingerprint density at radius 2 is 0.492 bits per heavy atom. The molecule has 4 heterocycles. The topological polar surface area (TPSA) is 58.0 Å². The largest absolute Gasteiger partial charge is 0.310 e. The van der Waals surface area contributed by atoms with Crippen LogP contribution < -0.4 is 9.80 Å². The highest BCUT2D eigenvalue weighted by molar-refractivity contribution is 6.31. The Morgan fingerprint density at radius 3 is 0.913 bits per heavy atom. The third kappa shape index (κ3) is 12.5. The molecule has 2 aliphatic rings. The zero-order chi connectivity index (χ0) is 83.1. The number of hydrogen-bond donors (Lipinski definition) is 0. The van der Waals surface area contributed by atoms with Crippen molar-refractivity contribution in [2.45, 2.75) is 0 Å². The highest BCUT2D eigenvalue weighted by Crippen LogP contribution is 2.62. The molecule has 0 amide bonds. The summed E-state index contributed by atoms with van der Waals surface area (Å²) < 4.78 is 0. The molecule has 0 unspecified atom stereocenters. The lowest BCUT2D eigenvalue weighted by molar-refractivity contribution is 1.26. The Kier molecular flexibility index (Phi) is 17.8. The molecule has 2 aliphatic carbocycles. The van der Waals surface area contributed by atoms with Gasteiger partial charge in [-0.15, -0.1) is 0 Å². The minimum Gasteiger partial charge on any atom is -0.310 e. The summed E-state index contributed by atoms with van der Waals surface area (Å²) in [5.41, 5.74) is 40.5. The van der Waals surface area contributed by atoms with E-state index >= 15 is 0 Å². The summed E-state index contributed by atoms with van der Waals surface area (Å²) in [5.74, 6) is 0. The van der Waals surface area contributed by atoms with Crippen LogP contribution in [-0.2, 0) is 0 Å². The second kappa shape index (κ2) is 30.7. The standard InChI is InChI=1S/C120H76N6/c1-7-27-79(28-8-1)111-101-41-19-20-42-102(101)112(80-29-9-2-10-30-80)119-106-61-59-97(99-43-23-45-104(115(99)106)117(111)119)78-50-56-94(57-51-78)126(92-39-17-6-18-40-92)96-71-89(109-47-21-22-66-123-109)68-90(72-96)110-63-53-86(76-124-110)83-52-58-103-108(73-83)114(82-33-13-4-14-34-82)118-105-46-24-44-100-98(60-62-107(116(100)105)120(118)113(103)81-31-11-3-12-32-81)77-48-54-93(55-49-77)125(91-37-15-5-16-38-91)95-69-87(84-35-25-64-121-74-84)67-88(70-95)85-36-26-65-122-75-85/h1-76H. The van der Waals surface area contributed by atoms with E-state index in [4.69, 9.17) is 9.97 Å². The van der Waals surface area contributed by atoms with Crippen LogP contribution in [0.1, 0.15) is 0 Å². The fourth-order valence-electron chi connectivity index (χ4n) is 20.0. The van der Waals surface area contributed by atoms with Crippen LogP contribution in [0.3, 0.4) is 0 Å². The number of hydrogen-bond acceptors (Lipinski definition) is 6. The summed E-state index contributed by atoms with van der Waals surface area (Å²) in [6.45, 7) is 0. The molecule has 0 aliphatic heterocycles. The minimum absolute atomic E-state index is 0.846. The van der Waals surface area contributed by atoms with E-state index in [9.17, 15) is 0 Å². The third-order valence-electron chi connectivity index (χ3n) is 25.5. The molecule has 126 heavy (non-hydrogen) atoms. The number of nitrogens with zero attached hydrogens (tertiary/aromatic N) is 6. The third-order valence-corrected chi connectivity index (χ3v) is 25.5. The molecule has 22 aromatic rings. The van der Waals surface area contributed by atoms with Crippen molar-refractivity contribution in [1.82, 2.24) is 19.9 Å². The van der Waals surface area contributed by atoms with Gasteiger partial charge in [0, 0.05) is 99.1 Å². The fraction of sp³-hybridized carbons (Fsp3) is 0. The number of benzene rings is 18. The van der Waals surface area contributed by atoms with E-state index in [2.05, 4.69) is 432 Å². The second-order valence-corrected chi connectivity index (χ2v) is 32.7. The Labute approximate surface area is 731 Å². The van der Waals surface area contributed by atoms with Crippen LogP contribution >= 0.6 is 0 Å². The summed E-state index contributed by atoms with van der Waals surface area (Å²) in [6, 6.07) is 155. The number of pyridine rings is 4. The van der Waals surface area contributed by atoms with Gasteiger partial charge < -0.3 is 9.80 Å². The van der Waals surface area contributed by atoms with Gasteiger partial charge >= 0.3 is 0 Å². The second-order valence-electron chi connectivity index (χ2n) is 32.7. The van der Waals surface area contributed by atoms with Gasteiger partial charge in [-0.3, -0.25) is 19.9 Å². The first-order valence-electron chi connectivity index (χ1n) is 43.0. The van der Waals surface area contributed by atoms with Crippen LogP contribution in [0.2, 0.25) is 0 Å². The van der Waals surface area contributed by atoms with Crippen LogP contribution in [0, 0.1) is 0 Å². The van der Waals surface area contributed by atoms with E-state index in [-0.39, 0.29) is 0 Å². The van der Waals surface area contributed by atoms with Crippen molar-refractivity contribution >= 4 is 77.2 Å². The summed E-state index contributed by atoms with van der Waals surface area (Å²) in [7, 11) is 0. The van der Waals surface area contributed by atoms with E-state index in [1.54, 1.807) is 0 Å². The van der Waals surface area contributed by atoms with Gasteiger partial charge in [0.05, 0.1) is 11.4 Å². The molecule has 0 saturated heterocycles. The SMILES string of the molecule is c1ccc(-c2c3c(c(-c4ccccc4)c4ccccc24)-c2ccc(-c4ccc(N(c5ccccc5)c5cc(-c6ccccn6)cc(-c6ccc(-c7ccc8c(-c9ccccc9)c9c(c(-c%10ccccc%10)c8c7)-c7cccc8c(-c%10ccc(N(c%11ccccc%11)c%11cc(-c%12cccnc%12)cc(-c%12cccnc%12)c%11)cc%10)ccc-9c78)cn6)c5)cc4)c4cccc-3c24)cc1. The molecule has 0 fully saturated rings. The fourth-order valence-corrected chi connectivity index (χ4v) is 20.0. The van der Waals surface area contributed by atoms with E-state index in [0.717, 1.165) is 107 Å². The van der Waals surface area contributed by atoms with Crippen LogP contribution in [0.5, 0.6) is 0 Å². The molecule has 4 aromatic heterocycles. The van der Waals surface area contributed by atoms with Crippen molar-refractivity contribution < 1.29 is 0 Å². The molecule has 586 valence electrons. The number of rotatable bonds is 17. The van der Waals surface area contributed by atoms with E-state index in [0.29, 0.717) is 0 Å². The van der Waals surface area contributed by atoms with Crippen molar-refractivity contribution in [3.63, 3.8) is 0 Å². The number of anilines is 6. The van der Waals surface area contributed by atoms with Gasteiger partial charge in [0.15, 0.2) is 0 Å². The highest BCUT2D eigenvalue weighted by atomic mass is 15.1. The van der Waals surface area contributed by atoms with Gasteiger partial charge in [0.2, 0.25) is 0 Å². The normalized spacial score (nSPS) is 11.7. The lowest BCUT2D eigenvalue weighted by Crippen LogP contribution is -2.10. The number of fused-ring (bicyclic) bond motifs is 8. The Morgan fingerprint density at radius 1 is 0.151 bits per heavy atom. The zero-order valence-corrected chi connectivity index (χ0v) is 68.6. The molecule has 6 heteroatoms. The average molecular weight is 1600 g/mol. The monoisotopic (exact) mass is 1600 g/mol. The number of para-hydroxylation sites is 2. The van der Waals surface area contributed by atoms with Gasteiger partial charge in [-0.05, 0) is 292 Å². The van der Waals surface area contributed by atoms with Gasteiger partial charge in [-0.25, -0.2) is 0 Å². The van der Waals surface area contributed by atoms with Gasteiger partial charge in [-0.1, -0.05) is 303 Å². The van der Waals surface area contributed by atoms with Crippen molar-refractivity contribution in [2.24, 2.45) is 0 Å². The van der Waals surface area contributed by atoms with Crippen LogP contribution in [-0.4, -0.2) is 19.9 Å². The smallest absolute Gasteiger partial charge is 0.0703 e. The van der Waals surface area contributed by atoms with Crippen molar-refractivity contribution in [3.05, 3.63) is 462 Å². The highest BCUT2D eigenvalue weighted by Gasteiger charge is 2.35. The molecule has 0 saturated carbocycles. The lowest BCUT2D eigenvalue weighted by atomic mass is 9.82. The molecular formula is C120H76N6. The average Bonchev–Trinajstić information content (AvgIpc) is 1.54. The molecular weight excluding hydrogens is 1530 g/mol. The molecule has 0 atom stereocenters. The van der Waals surface area contributed by atoms with Gasteiger partial charge in [-0.2, -0.15) is 0 Å². The summed E-state index contributed by atoms with van der Waals surface area (Å²) >= 11 is 0. The predicted molar refractivity (Wildman–Crippen MR) is 526 cm³/mol. The first kappa shape index (κ1) is 73.1. The maximum atomic E-state index is 5.45. The maximum Gasteiger partial charge on any atom is 0.0703 e. The lowest BCUT2D eigenvalue weighted by Gasteiger charge is -2.27. The van der Waals surface area contributed by atoms with Gasteiger partial charge in [0.1, 0.15) is 0 Å². The maximum absolute atomic E-state index is 5.45. The van der Waals surface area contributed by atoms with Crippen molar-refractivity contribution in [3.8, 4) is 167 Å². The first-order valence-corrected chi connectivity index (χ1v) is 43.0. The molecule has 6 nitrogen and oxygen atoms in total. The zero-order valence-electron chi connectivity index (χ0n) is 68.6. The molecule has 0 N–H and O–H groups in total. The Bertz CT molecular complexity index is 7830. The first-order chi connectivity index (χ1) is 62.5. The molecule has 18 aromatic carbocycles. The molecule has 0 spiro atoms. The van der Waals surface area contributed by atoms with Gasteiger partial charge in [0.25, 0.3) is 0 Å². The molecule has 0 bridgehead atoms. The summed E-state index contributed by atoms with van der Waals surface area (Å²) in [5, 5.41) is 9.82. The Balaban J connectivity index is 0.598. The van der Waals surface area contributed by atoms with Crippen LogP contribution in [0.4, 0.5) is 34.1 Å². The Hall–Kier alpha value is -16.8. The summed E-state index contributed by atoms with van der Waals surface area (Å²) in [4.78, 5) is 24.2. The summed E-state index contributed by atoms with van der Waals surface area (Å²) in [6.07, 6.45) is 11.4. The van der Waals surface area contributed by atoms with E-state index in [1.807, 2.05) is 49.2 Å². The minimum atomic E-state index is 0.846. The van der Waals surface area contributed by atoms with Crippen molar-refractivity contribution in [1.29, 1.82) is 0 Å². The van der Waals surface area contributed by atoms with Crippen LogP contribution in [0.25, 0.3) is 210 Å². The quantitative estimate of drug-likeness (QED) is 0.0905. The molecule has 24 rings (SSSR count). The predicted octanol–water partition coefficient (Wildman–Crippen LogP) is 32.5. The van der Waals surface area contributed by atoms with Crippen molar-refractivity contribution in [2.75, 3.05) is 9.80 Å². The van der Waals surface area contributed by atoms with E-state index < -0.39 is 0 Å². The van der Waals surface area contributed by atoms with Crippen LogP contribution in [0.15, 0.2) is 462 Å². The molecule has 0 radical (unpaired) electrons. The number of aromatic nitrogens is 4.